The highest BCUT2D eigenvalue weighted by Gasteiger charge is 2.10. The molecule has 0 fully saturated rings. The Hall–Kier alpha value is -4.07. The van der Waals surface area contributed by atoms with Gasteiger partial charge < -0.3 is 25.3 Å². The maximum atomic E-state index is 12.4. The molecule has 0 saturated carbocycles. The number of ether oxygens (including phenoxy) is 3. The van der Waals surface area contributed by atoms with Gasteiger partial charge in [0, 0.05) is 24.4 Å². The lowest BCUT2D eigenvalue weighted by Gasteiger charge is -2.11. The van der Waals surface area contributed by atoms with Crippen molar-refractivity contribution in [3.05, 3.63) is 77.6 Å². The van der Waals surface area contributed by atoms with E-state index in [4.69, 9.17) is 19.9 Å². The molecule has 8 heteroatoms. The predicted octanol–water partition coefficient (Wildman–Crippen LogP) is 2.96. The van der Waals surface area contributed by atoms with E-state index in [-0.39, 0.29) is 11.6 Å². The number of pyridine rings is 1. The number of nitrogens with two attached hydrogens (primary N) is 1. The SMILES string of the molecule is COc1ccc(C(=O)NCCc2cccc(Oc3ccnc(C(N)=O)c3)c2)cc1OC. The molecule has 0 spiro atoms. The average Bonchev–Trinajstić information content (AvgIpc) is 2.79. The van der Waals surface area contributed by atoms with E-state index in [2.05, 4.69) is 10.3 Å². The van der Waals surface area contributed by atoms with Gasteiger partial charge in [0.05, 0.1) is 14.2 Å². The van der Waals surface area contributed by atoms with E-state index >= 15 is 0 Å². The largest absolute Gasteiger partial charge is 0.493 e. The third-order valence-corrected chi connectivity index (χ3v) is 4.46. The molecule has 0 saturated heterocycles. The summed E-state index contributed by atoms with van der Waals surface area (Å²) in [5.41, 5.74) is 6.84. The Morgan fingerprint density at radius 2 is 1.74 bits per heavy atom. The van der Waals surface area contributed by atoms with Crippen LogP contribution in [0.15, 0.2) is 60.8 Å². The number of methoxy groups -OCH3 is 2. The van der Waals surface area contributed by atoms with Crippen molar-refractivity contribution >= 4 is 11.8 Å². The minimum atomic E-state index is -0.621. The molecule has 3 rings (SSSR count). The van der Waals surface area contributed by atoms with E-state index in [0.29, 0.717) is 41.5 Å². The molecule has 31 heavy (non-hydrogen) atoms. The summed E-state index contributed by atoms with van der Waals surface area (Å²) >= 11 is 0. The summed E-state index contributed by atoms with van der Waals surface area (Å²) in [5.74, 6) is 1.30. The molecule has 3 N–H and O–H groups in total. The van der Waals surface area contributed by atoms with Crippen molar-refractivity contribution in [2.24, 2.45) is 5.73 Å². The van der Waals surface area contributed by atoms with Crippen LogP contribution >= 0.6 is 0 Å². The fourth-order valence-electron chi connectivity index (χ4n) is 2.91. The number of hydrogen-bond donors (Lipinski definition) is 2. The van der Waals surface area contributed by atoms with Gasteiger partial charge in [-0.05, 0) is 48.4 Å². The average molecular weight is 421 g/mol. The molecule has 0 atom stereocenters. The topological polar surface area (TPSA) is 113 Å². The van der Waals surface area contributed by atoms with E-state index in [1.807, 2.05) is 18.2 Å². The number of nitrogens with one attached hydrogen (secondary N) is 1. The molecular weight excluding hydrogens is 398 g/mol. The van der Waals surface area contributed by atoms with Crippen LogP contribution in [0, 0.1) is 0 Å². The van der Waals surface area contributed by atoms with Gasteiger partial charge in [0.2, 0.25) is 0 Å². The van der Waals surface area contributed by atoms with Gasteiger partial charge in [0.1, 0.15) is 17.2 Å². The fraction of sp³-hybridized carbons (Fsp3) is 0.174. The zero-order chi connectivity index (χ0) is 22.2. The summed E-state index contributed by atoms with van der Waals surface area (Å²) in [6.45, 7) is 0.442. The standard InChI is InChI=1S/C23H23N3O5/c1-29-20-7-6-16(13-21(20)30-2)23(28)26-10-8-15-4-3-5-17(12-15)31-18-9-11-25-19(14-18)22(24)27/h3-7,9,11-14H,8,10H2,1-2H3,(H2,24,27)(H,26,28). The van der Waals surface area contributed by atoms with Crippen LogP contribution < -0.4 is 25.3 Å². The Labute approximate surface area is 180 Å². The van der Waals surface area contributed by atoms with Gasteiger partial charge in [-0.3, -0.25) is 14.6 Å². The number of carbonyl (C=O) groups excluding carboxylic acids is 2. The first-order chi connectivity index (χ1) is 15.0. The molecule has 1 aromatic heterocycles. The van der Waals surface area contributed by atoms with Crippen LogP contribution in [0.2, 0.25) is 0 Å². The first kappa shape index (κ1) is 21.6. The lowest BCUT2D eigenvalue weighted by molar-refractivity contribution is 0.0952. The summed E-state index contributed by atoms with van der Waals surface area (Å²) < 4.78 is 16.2. The number of carbonyl (C=O) groups is 2. The third kappa shape index (κ3) is 5.72. The van der Waals surface area contributed by atoms with Crippen LogP contribution in [-0.2, 0) is 6.42 Å². The Morgan fingerprint density at radius 1 is 0.968 bits per heavy atom. The molecule has 2 amide bonds. The molecular formula is C23H23N3O5. The number of primary amides is 1. The van der Waals surface area contributed by atoms with Crippen molar-refractivity contribution < 1.29 is 23.8 Å². The Kier molecular flexibility index (Phi) is 7.05. The van der Waals surface area contributed by atoms with Gasteiger partial charge in [-0.25, -0.2) is 0 Å². The lowest BCUT2D eigenvalue weighted by atomic mass is 10.1. The van der Waals surface area contributed by atoms with Crippen molar-refractivity contribution in [1.29, 1.82) is 0 Å². The van der Waals surface area contributed by atoms with E-state index in [0.717, 1.165) is 5.56 Å². The minimum absolute atomic E-state index is 0.131. The van der Waals surface area contributed by atoms with Crippen molar-refractivity contribution in [3.8, 4) is 23.0 Å². The van der Waals surface area contributed by atoms with Crippen molar-refractivity contribution in [1.82, 2.24) is 10.3 Å². The summed E-state index contributed by atoms with van der Waals surface area (Å²) in [5, 5.41) is 2.89. The van der Waals surface area contributed by atoms with Crippen LogP contribution in [0.25, 0.3) is 0 Å². The first-order valence-corrected chi connectivity index (χ1v) is 9.53. The first-order valence-electron chi connectivity index (χ1n) is 9.53. The number of aromatic nitrogens is 1. The summed E-state index contributed by atoms with van der Waals surface area (Å²) in [7, 11) is 3.07. The van der Waals surface area contributed by atoms with Crippen LogP contribution in [0.5, 0.6) is 23.0 Å². The highest BCUT2D eigenvalue weighted by molar-refractivity contribution is 5.94. The number of hydrogen-bond acceptors (Lipinski definition) is 6. The monoisotopic (exact) mass is 421 g/mol. The molecule has 8 nitrogen and oxygen atoms in total. The van der Waals surface area contributed by atoms with Gasteiger partial charge in [0.25, 0.3) is 11.8 Å². The maximum Gasteiger partial charge on any atom is 0.267 e. The molecule has 0 aliphatic rings. The minimum Gasteiger partial charge on any atom is -0.493 e. The van der Waals surface area contributed by atoms with Crippen LogP contribution in [0.3, 0.4) is 0 Å². The molecule has 0 aliphatic carbocycles. The summed E-state index contributed by atoms with van der Waals surface area (Å²) in [4.78, 5) is 27.6. The quantitative estimate of drug-likeness (QED) is 0.549. The normalized spacial score (nSPS) is 10.3. The molecule has 2 aromatic carbocycles. The molecule has 0 aliphatic heterocycles. The number of rotatable bonds is 9. The highest BCUT2D eigenvalue weighted by atomic mass is 16.5. The third-order valence-electron chi connectivity index (χ3n) is 4.46. The van der Waals surface area contributed by atoms with E-state index in [1.54, 1.807) is 37.4 Å². The van der Waals surface area contributed by atoms with Gasteiger partial charge in [-0.2, -0.15) is 0 Å². The Balaban J connectivity index is 1.58. The van der Waals surface area contributed by atoms with Crippen molar-refractivity contribution in [3.63, 3.8) is 0 Å². The van der Waals surface area contributed by atoms with Gasteiger partial charge in [0.15, 0.2) is 11.5 Å². The lowest BCUT2D eigenvalue weighted by Crippen LogP contribution is -2.25. The molecule has 1 heterocycles. The second kappa shape index (κ2) is 10.1. The Bertz CT molecular complexity index is 1080. The van der Waals surface area contributed by atoms with Crippen LogP contribution in [-0.4, -0.2) is 37.6 Å². The van der Waals surface area contributed by atoms with Gasteiger partial charge in [-0.1, -0.05) is 12.1 Å². The van der Waals surface area contributed by atoms with Gasteiger partial charge >= 0.3 is 0 Å². The highest BCUT2D eigenvalue weighted by Crippen LogP contribution is 2.27. The van der Waals surface area contributed by atoms with Crippen LogP contribution in [0.4, 0.5) is 0 Å². The summed E-state index contributed by atoms with van der Waals surface area (Å²) in [6, 6.07) is 15.6. The summed E-state index contributed by atoms with van der Waals surface area (Å²) in [6.07, 6.45) is 2.07. The number of benzene rings is 2. The molecule has 0 radical (unpaired) electrons. The maximum absolute atomic E-state index is 12.4. The van der Waals surface area contributed by atoms with E-state index in [9.17, 15) is 9.59 Å². The number of nitrogens with zero attached hydrogens (tertiary/aromatic N) is 1. The zero-order valence-corrected chi connectivity index (χ0v) is 17.3. The van der Waals surface area contributed by atoms with Gasteiger partial charge in [-0.15, -0.1) is 0 Å². The predicted molar refractivity (Wildman–Crippen MR) is 115 cm³/mol. The fourth-order valence-corrected chi connectivity index (χ4v) is 2.91. The second-order valence-electron chi connectivity index (χ2n) is 6.57. The molecule has 0 unspecified atom stereocenters. The number of amides is 2. The zero-order valence-electron chi connectivity index (χ0n) is 17.3. The molecule has 160 valence electrons. The molecule has 3 aromatic rings. The van der Waals surface area contributed by atoms with E-state index in [1.165, 1.54) is 19.4 Å². The Morgan fingerprint density at radius 3 is 2.48 bits per heavy atom. The van der Waals surface area contributed by atoms with Crippen molar-refractivity contribution in [2.75, 3.05) is 20.8 Å². The molecule has 0 bridgehead atoms. The van der Waals surface area contributed by atoms with Crippen LogP contribution in [0.1, 0.15) is 26.4 Å². The van der Waals surface area contributed by atoms with Crippen molar-refractivity contribution in [2.45, 2.75) is 6.42 Å². The van der Waals surface area contributed by atoms with E-state index < -0.39 is 5.91 Å². The second-order valence-corrected chi connectivity index (χ2v) is 6.57. The smallest absolute Gasteiger partial charge is 0.267 e.